The van der Waals surface area contributed by atoms with Crippen LogP contribution in [0.25, 0.3) is 0 Å². The van der Waals surface area contributed by atoms with Crippen molar-refractivity contribution < 1.29 is 19.1 Å². The first-order valence-electron chi connectivity index (χ1n) is 8.46. The fourth-order valence-electron chi connectivity index (χ4n) is 2.33. The Hall–Kier alpha value is -3.52. The number of carbonyl (C=O) groups is 2. The van der Waals surface area contributed by atoms with Gasteiger partial charge in [0.25, 0.3) is 5.91 Å². The Labute approximate surface area is 175 Å². The van der Waals surface area contributed by atoms with Crippen LogP contribution >= 0.6 is 15.9 Å². The summed E-state index contributed by atoms with van der Waals surface area (Å²) in [6.07, 6.45) is 4.44. The van der Waals surface area contributed by atoms with Gasteiger partial charge in [-0.2, -0.15) is 5.10 Å². The van der Waals surface area contributed by atoms with Crippen molar-refractivity contribution in [1.82, 2.24) is 10.4 Å². The highest BCUT2D eigenvalue weighted by atomic mass is 79.9. The van der Waals surface area contributed by atoms with Crippen molar-refractivity contribution in [1.29, 1.82) is 0 Å². The second-order valence-electron chi connectivity index (χ2n) is 5.74. The second kappa shape index (κ2) is 9.61. The Morgan fingerprint density at radius 2 is 1.76 bits per heavy atom. The first-order chi connectivity index (χ1) is 14.1. The van der Waals surface area contributed by atoms with Gasteiger partial charge >= 0.3 is 5.97 Å². The van der Waals surface area contributed by atoms with Crippen LogP contribution in [0.2, 0.25) is 0 Å². The molecular weight excluding hydrogens is 438 g/mol. The summed E-state index contributed by atoms with van der Waals surface area (Å²) in [5.74, 6) is 0.0414. The minimum Gasteiger partial charge on any atom is -0.497 e. The summed E-state index contributed by atoms with van der Waals surface area (Å²) in [5.41, 5.74) is 3.74. The summed E-state index contributed by atoms with van der Waals surface area (Å²) in [4.78, 5) is 28.3. The van der Waals surface area contributed by atoms with E-state index in [1.165, 1.54) is 18.6 Å². The summed E-state index contributed by atoms with van der Waals surface area (Å²) >= 11 is 3.37. The number of carbonyl (C=O) groups excluding carboxylic acids is 2. The zero-order chi connectivity index (χ0) is 20.6. The molecule has 0 spiro atoms. The Bertz CT molecular complexity index is 1040. The van der Waals surface area contributed by atoms with E-state index < -0.39 is 5.97 Å². The van der Waals surface area contributed by atoms with Crippen molar-refractivity contribution in [2.45, 2.75) is 0 Å². The topological polar surface area (TPSA) is 89.9 Å². The van der Waals surface area contributed by atoms with Gasteiger partial charge in [-0.15, -0.1) is 0 Å². The average Bonchev–Trinajstić information content (AvgIpc) is 2.76. The SMILES string of the molecule is COc1ccc(C(=O)Oc2ccc(Br)cc2/C=N/NC(=O)c2ccncc2)cc1. The number of halogens is 1. The third kappa shape index (κ3) is 5.49. The van der Waals surface area contributed by atoms with E-state index in [1.54, 1.807) is 61.7 Å². The van der Waals surface area contributed by atoms with Gasteiger partial charge in [0.15, 0.2) is 0 Å². The zero-order valence-corrected chi connectivity index (χ0v) is 16.9. The molecule has 0 aliphatic rings. The Kier molecular flexibility index (Phi) is 6.70. The molecule has 3 aromatic rings. The van der Waals surface area contributed by atoms with Crippen LogP contribution in [0, 0.1) is 0 Å². The van der Waals surface area contributed by atoms with Gasteiger partial charge in [0.1, 0.15) is 11.5 Å². The van der Waals surface area contributed by atoms with Crippen LogP contribution in [-0.2, 0) is 0 Å². The van der Waals surface area contributed by atoms with Crippen molar-refractivity contribution in [3.8, 4) is 11.5 Å². The van der Waals surface area contributed by atoms with Crippen LogP contribution in [-0.4, -0.2) is 30.2 Å². The number of hydrogen-bond acceptors (Lipinski definition) is 6. The molecule has 8 heteroatoms. The third-order valence-corrected chi connectivity index (χ3v) is 4.31. The molecule has 0 aliphatic carbocycles. The maximum absolute atomic E-state index is 12.4. The Morgan fingerprint density at radius 1 is 1.03 bits per heavy atom. The lowest BCUT2D eigenvalue weighted by Gasteiger charge is -2.08. The summed E-state index contributed by atoms with van der Waals surface area (Å²) in [6, 6.07) is 14.8. The van der Waals surface area contributed by atoms with E-state index in [0.717, 1.165) is 4.47 Å². The number of aromatic nitrogens is 1. The van der Waals surface area contributed by atoms with Gasteiger partial charge in [0.2, 0.25) is 0 Å². The summed E-state index contributed by atoms with van der Waals surface area (Å²) in [6.45, 7) is 0. The van der Waals surface area contributed by atoms with Gasteiger partial charge in [-0.05, 0) is 54.6 Å². The first kappa shape index (κ1) is 20.2. The van der Waals surface area contributed by atoms with Gasteiger partial charge in [0, 0.05) is 28.0 Å². The highest BCUT2D eigenvalue weighted by molar-refractivity contribution is 9.10. The van der Waals surface area contributed by atoms with E-state index in [-0.39, 0.29) is 5.91 Å². The third-order valence-electron chi connectivity index (χ3n) is 3.81. The first-order valence-corrected chi connectivity index (χ1v) is 9.25. The number of pyridine rings is 1. The maximum Gasteiger partial charge on any atom is 0.343 e. The molecule has 0 unspecified atom stereocenters. The number of benzene rings is 2. The standard InChI is InChI=1S/C21H16BrN3O4/c1-28-18-5-2-15(3-6-18)21(27)29-19-7-4-17(22)12-16(19)13-24-25-20(26)14-8-10-23-11-9-14/h2-13H,1H3,(H,25,26)/b24-13+. The van der Waals surface area contributed by atoms with Crippen LogP contribution in [0.15, 0.2) is 76.6 Å². The highest BCUT2D eigenvalue weighted by Crippen LogP contribution is 2.23. The van der Waals surface area contributed by atoms with E-state index in [2.05, 4.69) is 31.4 Å². The molecule has 0 atom stereocenters. The van der Waals surface area contributed by atoms with Crippen LogP contribution in [0.4, 0.5) is 0 Å². The van der Waals surface area contributed by atoms with E-state index >= 15 is 0 Å². The van der Waals surface area contributed by atoms with E-state index in [0.29, 0.717) is 28.2 Å². The van der Waals surface area contributed by atoms with Crippen molar-refractivity contribution in [3.63, 3.8) is 0 Å². The smallest absolute Gasteiger partial charge is 0.343 e. The molecule has 1 heterocycles. The Morgan fingerprint density at radius 3 is 2.45 bits per heavy atom. The number of amides is 1. The molecule has 1 amide bonds. The lowest BCUT2D eigenvalue weighted by atomic mass is 10.2. The monoisotopic (exact) mass is 453 g/mol. The maximum atomic E-state index is 12.4. The minimum atomic E-state index is -0.523. The predicted molar refractivity (Wildman–Crippen MR) is 111 cm³/mol. The minimum absolute atomic E-state index is 0.302. The molecule has 0 radical (unpaired) electrons. The van der Waals surface area contributed by atoms with Crippen LogP contribution in [0.5, 0.6) is 11.5 Å². The molecule has 1 N–H and O–H groups in total. The van der Waals surface area contributed by atoms with Gasteiger partial charge < -0.3 is 9.47 Å². The number of nitrogens with zero attached hydrogens (tertiary/aromatic N) is 2. The van der Waals surface area contributed by atoms with Gasteiger partial charge in [-0.1, -0.05) is 15.9 Å². The molecule has 29 heavy (non-hydrogen) atoms. The van der Waals surface area contributed by atoms with E-state index in [4.69, 9.17) is 9.47 Å². The number of ether oxygens (including phenoxy) is 2. The number of rotatable bonds is 6. The van der Waals surface area contributed by atoms with Crippen molar-refractivity contribution in [2.24, 2.45) is 5.10 Å². The highest BCUT2D eigenvalue weighted by Gasteiger charge is 2.12. The molecule has 146 valence electrons. The van der Waals surface area contributed by atoms with Crippen LogP contribution < -0.4 is 14.9 Å². The molecule has 0 fully saturated rings. The fourth-order valence-corrected chi connectivity index (χ4v) is 2.71. The fraction of sp³-hybridized carbons (Fsp3) is 0.0476. The van der Waals surface area contributed by atoms with Gasteiger partial charge in [0.05, 0.1) is 18.9 Å². The molecule has 3 rings (SSSR count). The molecule has 0 bridgehead atoms. The molecule has 7 nitrogen and oxygen atoms in total. The number of methoxy groups -OCH3 is 1. The number of hydrogen-bond donors (Lipinski definition) is 1. The van der Waals surface area contributed by atoms with Crippen molar-refractivity contribution in [3.05, 3.63) is 88.2 Å². The molecule has 0 aliphatic heterocycles. The van der Waals surface area contributed by atoms with Crippen molar-refractivity contribution in [2.75, 3.05) is 7.11 Å². The second-order valence-corrected chi connectivity index (χ2v) is 6.65. The average molecular weight is 454 g/mol. The van der Waals surface area contributed by atoms with Crippen LogP contribution in [0.1, 0.15) is 26.3 Å². The Balaban J connectivity index is 1.73. The van der Waals surface area contributed by atoms with Crippen LogP contribution in [0.3, 0.4) is 0 Å². The molecule has 0 saturated heterocycles. The number of esters is 1. The number of hydrazone groups is 1. The van der Waals surface area contributed by atoms with Gasteiger partial charge in [-0.25, -0.2) is 10.2 Å². The van der Waals surface area contributed by atoms with Crippen molar-refractivity contribution >= 4 is 34.0 Å². The molecule has 1 aromatic heterocycles. The molecule has 2 aromatic carbocycles. The summed E-state index contributed by atoms with van der Waals surface area (Å²) in [7, 11) is 1.55. The largest absolute Gasteiger partial charge is 0.497 e. The predicted octanol–water partition coefficient (Wildman–Crippen LogP) is 3.84. The quantitative estimate of drug-likeness (QED) is 0.265. The van der Waals surface area contributed by atoms with E-state index in [1.807, 2.05) is 0 Å². The molecular formula is C21H16BrN3O4. The number of nitrogens with one attached hydrogen (secondary N) is 1. The summed E-state index contributed by atoms with van der Waals surface area (Å²) in [5, 5.41) is 3.95. The zero-order valence-electron chi connectivity index (χ0n) is 15.3. The van der Waals surface area contributed by atoms with E-state index in [9.17, 15) is 9.59 Å². The lowest BCUT2D eigenvalue weighted by molar-refractivity contribution is 0.0734. The molecule has 0 saturated carbocycles. The van der Waals surface area contributed by atoms with Gasteiger partial charge in [-0.3, -0.25) is 9.78 Å². The lowest BCUT2D eigenvalue weighted by Crippen LogP contribution is -2.17. The normalized spacial score (nSPS) is 10.6. The summed E-state index contributed by atoms with van der Waals surface area (Å²) < 4.78 is 11.3.